The van der Waals surface area contributed by atoms with Crippen LogP contribution in [0.5, 0.6) is 17.2 Å². The maximum absolute atomic E-state index is 13.8. The van der Waals surface area contributed by atoms with Crippen molar-refractivity contribution in [3.05, 3.63) is 56.2 Å². The Kier molecular flexibility index (Phi) is 10.9. The highest BCUT2D eigenvalue weighted by atomic mass is 32.1. The number of carbonyl (C=O) groups is 3. The van der Waals surface area contributed by atoms with Gasteiger partial charge in [0.2, 0.25) is 23.0 Å². The third-order valence-electron chi connectivity index (χ3n) is 7.66. The van der Waals surface area contributed by atoms with E-state index >= 15 is 0 Å². The molecule has 1 aliphatic carbocycles. The van der Waals surface area contributed by atoms with E-state index < -0.39 is 24.0 Å². The van der Waals surface area contributed by atoms with Gasteiger partial charge in [0.1, 0.15) is 10.9 Å². The Hall–Kier alpha value is -4.65. The van der Waals surface area contributed by atoms with Crippen LogP contribution in [0.1, 0.15) is 66.7 Å². The number of carbonyl (C=O) groups excluding carboxylic acids is 3. The van der Waals surface area contributed by atoms with Crippen LogP contribution in [-0.2, 0) is 20.7 Å². The van der Waals surface area contributed by atoms with Gasteiger partial charge in [-0.2, -0.15) is 0 Å². The first kappa shape index (κ1) is 34.2. The van der Waals surface area contributed by atoms with Crippen LogP contribution < -0.4 is 35.6 Å². The molecule has 0 radical (unpaired) electrons. The Morgan fingerprint density at radius 1 is 1.07 bits per heavy atom. The first-order valence-electron chi connectivity index (χ1n) is 14.9. The Morgan fingerprint density at radius 3 is 2.39 bits per heavy atom. The minimum atomic E-state index is -0.831. The molecule has 1 heterocycles. The quantitative estimate of drug-likeness (QED) is 0.244. The average Bonchev–Trinajstić information content (AvgIpc) is 3.21. The Labute approximate surface area is 271 Å². The summed E-state index contributed by atoms with van der Waals surface area (Å²) in [6.07, 6.45) is 1.08. The van der Waals surface area contributed by atoms with Crippen molar-refractivity contribution in [2.24, 2.45) is 5.92 Å². The summed E-state index contributed by atoms with van der Waals surface area (Å²) >= 11 is 1.03. The van der Waals surface area contributed by atoms with E-state index in [1.165, 1.54) is 27.2 Å². The highest BCUT2D eigenvalue weighted by molar-refractivity contribution is 7.17. The van der Waals surface area contributed by atoms with Gasteiger partial charge in [0, 0.05) is 12.5 Å². The highest BCUT2D eigenvalue weighted by Gasteiger charge is 2.30. The molecule has 0 aliphatic heterocycles. The minimum Gasteiger partial charge on any atom is -0.493 e. The first-order valence-corrected chi connectivity index (χ1v) is 15.7. The maximum atomic E-state index is 13.8. The van der Waals surface area contributed by atoms with Crippen molar-refractivity contribution in [3.63, 3.8) is 0 Å². The summed E-state index contributed by atoms with van der Waals surface area (Å²) in [5.74, 6) is -0.0580. The van der Waals surface area contributed by atoms with Gasteiger partial charge in [-0.3, -0.25) is 14.4 Å². The first-order chi connectivity index (χ1) is 21.9. The number of benzene rings is 1. The normalized spacial score (nSPS) is 14.2. The van der Waals surface area contributed by atoms with Crippen LogP contribution in [0, 0.1) is 12.8 Å². The Balaban J connectivity index is 1.79. The van der Waals surface area contributed by atoms with Crippen molar-refractivity contribution in [1.29, 1.82) is 0 Å². The summed E-state index contributed by atoms with van der Waals surface area (Å²) in [5.41, 5.74) is 3.17. The topological polar surface area (TPSA) is 154 Å². The van der Waals surface area contributed by atoms with Crippen molar-refractivity contribution in [2.75, 3.05) is 38.6 Å². The van der Waals surface area contributed by atoms with Gasteiger partial charge in [-0.1, -0.05) is 31.3 Å². The largest absolute Gasteiger partial charge is 0.493 e. The number of thiazole rings is 1. The molecule has 3 aromatic rings. The maximum Gasteiger partial charge on any atom is 0.350 e. The molecular formula is C33H40N4O8S. The molecule has 46 heavy (non-hydrogen) atoms. The van der Waals surface area contributed by atoms with Crippen LogP contribution in [0.15, 0.2) is 29.1 Å². The van der Waals surface area contributed by atoms with E-state index in [2.05, 4.69) is 20.9 Å². The minimum absolute atomic E-state index is 0.187. The number of hydrogen-bond acceptors (Lipinski definition) is 11. The number of fused-ring (bicyclic) bond motifs is 3. The monoisotopic (exact) mass is 652 g/mol. The molecular weight excluding hydrogens is 612 g/mol. The van der Waals surface area contributed by atoms with Crippen molar-refractivity contribution in [2.45, 2.75) is 59.5 Å². The van der Waals surface area contributed by atoms with Crippen molar-refractivity contribution in [1.82, 2.24) is 10.3 Å². The average molecular weight is 653 g/mol. The van der Waals surface area contributed by atoms with Gasteiger partial charge in [0.25, 0.3) is 0 Å². The fourth-order valence-corrected chi connectivity index (χ4v) is 6.41. The number of ether oxygens (including phenoxy) is 4. The number of esters is 1. The molecule has 4 rings (SSSR count). The van der Waals surface area contributed by atoms with Crippen LogP contribution >= 0.6 is 11.3 Å². The molecule has 1 aliphatic rings. The summed E-state index contributed by atoms with van der Waals surface area (Å²) in [6.45, 7) is 8.74. The van der Waals surface area contributed by atoms with Crippen LogP contribution in [0.4, 0.5) is 10.8 Å². The molecule has 0 spiro atoms. The molecule has 0 saturated carbocycles. The zero-order chi connectivity index (χ0) is 33.7. The zero-order valence-electron chi connectivity index (χ0n) is 27.3. The predicted octanol–water partition coefficient (Wildman–Crippen LogP) is 4.88. The molecule has 0 saturated heterocycles. The van der Waals surface area contributed by atoms with Crippen LogP contribution in [0.25, 0.3) is 11.1 Å². The molecule has 0 fully saturated rings. The number of methoxy groups -OCH3 is 3. The molecule has 1 aromatic heterocycles. The summed E-state index contributed by atoms with van der Waals surface area (Å²) in [5, 5.41) is 9.15. The summed E-state index contributed by atoms with van der Waals surface area (Å²) in [4.78, 5) is 56.4. The smallest absolute Gasteiger partial charge is 0.350 e. The lowest BCUT2D eigenvalue weighted by atomic mass is 9.95. The summed E-state index contributed by atoms with van der Waals surface area (Å²) in [7, 11) is 4.61. The Bertz CT molecular complexity index is 1700. The lowest BCUT2D eigenvalue weighted by molar-refractivity contribution is -0.120. The van der Waals surface area contributed by atoms with E-state index in [0.717, 1.165) is 22.5 Å². The number of hydrogen-bond donors (Lipinski definition) is 3. The van der Waals surface area contributed by atoms with E-state index in [0.29, 0.717) is 51.8 Å². The van der Waals surface area contributed by atoms with Crippen LogP contribution in [0.2, 0.25) is 0 Å². The van der Waals surface area contributed by atoms with E-state index in [-0.39, 0.29) is 34.7 Å². The number of aromatic nitrogens is 1. The molecule has 0 unspecified atom stereocenters. The van der Waals surface area contributed by atoms with Crippen LogP contribution in [-0.4, -0.2) is 56.7 Å². The van der Waals surface area contributed by atoms with Crippen molar-refractivity contribution >= 4 is 39.9 Å². The lowest BCUT2D eigenvalue weighted by Crippen LogP contribution is -2.39. The molecule has 12 nitrogen and oxygen atoms in total. The second kappa shape index (κ2) is 14.6. The number of aryl methyl sites for hydroxylation is 2. The Morgan fingerprint density at radius 2 is 1.78 bits per heavy atom. The molecule has 2 amide bonds. The zero-order valence-corrected chi connectivity index (χ0v) is 28.1. The van der Waals surface area contributed by atoms with E-state index in [1.807, 2.05) is 19.9 Å². The number of nitrogens with zero attached hydrogens (tertiary/aromatic N) is 1. The van der Waals surface area contributed by atoms with E-state index in [1.54, 1.807) is 33.1 Å². The third kappa shape index (κ3) is 7.09. The van der Waals surface area contributed by atoms with Crippen molar-refractivity contribution < 1.29 is 33.3 Å². The van der Waals surface area contributed by atoms with Gasteiger partial charge in [0.15, 0.2) is 16.6 Å². The van der Waals surface area contributed by atoms with Gasteiger partial charge in [-0.15, -0.1) is 0 Å². The van der Waals surface area contributed by atoms with Gasteiger partial charge in [-0.05, 0) is 67.5 Å². The number of nitrogens with one attached hydrogen (secondary N) is 3. The van der Waals surface area contributed by atoms with Gasteiger partial charge >= 0.3 is 5.97 Å². The SMILES string of the molecule is CCOC(=O)c1sc(NC(=O)[C@@H](Nc2ccc3c(cc2=O)[C@H](NC(C)=O)CCc2cc(OC)c(OC)c(OC)c2-3)C(C)C)nc1C. The van der Waals surface area contributed by atoms with E-state index in [9.17, 15) is 19.2 Å². The number of amides is 2. The van der Waals surface area contributed by atoms with Gasteiger partial charge in [-0.25, -0.2) is 9.78 Å². The predicted molar refractivity (Wildman–Crippen MR) is 176 cm³/mol. The lowest BCUT2D eigenvalue weighted by Gasteiger charge is -2.21. The summed E-state index contributed by atoms with van der Waals surface area (Å²) < 4.78 is 22.2. The number of anilines is 2. The molecule has 13 heteroatoms. The molecule has 0 bridgehead atoms. The van der Waals surface area contributed by atoms with E-state index in [4.69, 9.17) is 18.9 Å². The molecule has 2 aromatic carbocycles. The fraction of sp³-hybridized carbons (Fsp3) is 0.424. The van der Waals surface area contributed by atoms with Gasteiger partial charge in [0.05, 0.1) is 45.4 Å². The fourth-order valence-electron chi connectivity index (χ4n) is 5.55. The highest BCUT2D eigenvalue weighted by Crippen LogP contribution is 2.50. The molecule has 2 atom stereocenters. The van der Waals surface area contributed by atoms with Crippen LogP contribution in [0.3, 0.4) is 0 Å². The van der Waals surface area contributed by atoms with Crippen molar-refractivity contribution in [3.8, 4) is 28.4 Å². The third-order valence-corrected chi connectivity index (χ3v) is 8.72. The molecule has 3 N–H and O–H groups in total. The summed E-state index contributed by atoms with van der Waals surface area (Å²) in [6, 6.07) is 5.49. The standard InChI is InChI=1S/C33H40N4O8S/c1-9-45-32(41)30-17(4)34-33(46-30)37-31(40)27(16(2)3)36-23-13-11-20-21(15-24(23)39)22(35-18(5)38)12-10-19-14-25(42-6)28(43-7)29(44-8)26(19)20/h11,13-16,22,27H,9-10,12H2,1-8H3,(H,35,38)(H,36,39)(H,34,37,40)/t22-,27+/m1/s1. The second-order valence-electron chi connectivity index (χ2n) is 11.1. The number of rotatable bonds is 11. The van der Waals surface area contributed by atoms with Gasteiger partial charge < -0.3 is 34.9 Å². The molecule has 246 valence electrons. The second-order valence-corrected chi connectivity index (χ2v) is 12.1.